The number of anilines is 6. The van der Waals surface area contributed by atoms with E-state index in [1.54, 1.807) is 0 Å². The predicted octanol–water partition coefficient (Wildman–Crippen LogP) is 18.5. The number of hydrogen-bond acceptors (Lipinski definition) is 3. The molecule has 15 aromatic carbocycles. The molecule has 0 unspecified atom stereocenters. The molecule has 0 aliphatic carbocycles. The van der Waals surface area contributed by atoms with E-state index >= 15 is 0 Å². The molecule has 0 N–H and O–H groups in total. The van der Waals surface area contributed by atoms with Crippen molar-refractivity contribution in [1.82, 2.24) is 4.57 Å². The lowest BCUT2D eigenvalue weighted by Crippen LogP contribution is -2.77. The van der Waals surface area contributed by atoms with Gasteiger partial charge in [-0.3, -0.25) is 0 Å². The van der Waals surface area contributed by atoms with Crippen LogP contribution in [0.1, 0.15) is 0 Å². The third kappa shape index (κ3) is 9.05. The molecule has 6 heteroatoms. The first kappa shape index (κ1) is 57.1. The molecule has 19 rings (SSSR count). The second-order valence-electron chi connectivity index (χ2n) is 25.0. The van der Waals surface area contributed by atoms with E-state index in [1.165, 1.54) is 134 Å². The number of nitrogens with zero attached hydrogens (tertiary/aromatic N) is 3. The van der Waals surface area contributed by atoms with Crippen molar-refractivity contribution in [2.75, 3.05) is 9.80 Å². The van der Waals surface area contributed by atoms with Crippen molar-refractivity contribution in [3.63, 3.8) is 0 Å². The Morgan fingerprint density at radius 2 is 0.552 bits per heavy atom. The number of hydrogen-bond donors (Lipinski definition) is 0. The number of thiophene rings is 1. The first-order chi connectivity index (χ1) is 47.7. The summed E-state index contributed by atoms with van der Waals surface area (Å²) in [4.78, 5) is 4.98. The van der Waals surface area contributed by atoms with Crippen LogP contribution in [-0.4, -0.2) is 20.7 Å². The quantitative estimate of drug-likeness (QED) is 0.133. The first-order valence-electron chi connectivity index (χ1n) is 33.1. The van der Waals surface area contributed by atoms with Crippen molar-refractivity contribution in [2.24, 2.45) is 0 Å². The fourth-order valence-corrected chi connectivity index (χ4v) is 27.5. The lowest BCUT2D eigenvalue weighted by atomic mass is 10.0. The van der Waals surface area contributed by atoms with Crippen LogP contribution in [0.5, 0.6) is 0 Å². The molecular weight excluding hydrogens is 1210 g/mol. The summed E-state index contributed by atoms with van der Waals surface area (Å²) in [5.74, 6) is 0. The standard InChI is InChI=1S/C48H34N2Si.C42H29NSSi/c1-3-21-39(22-4-1)51(40-23-5-2-6-24-40)47-31-13-11-29-45(47)50(46-30-12-14-32-48(46)51)38-20-16-18-36(34-38)35-17-15-19-37(33-35)49-43-27-9-7-25-41(43)42-26-8-10-28-44(42)49;1-3-17-32(18-4-1)45(33-19-5-2-6-20-33)40-27-11-8-24-37(40)43(38-25-9-12-28-41(38)45)31-16-13-15-30(29-31)34-22-14-23-36-35-21-7-10-26-39(35)44-42(34)36/h1-34H;1-29H. The Bertz CT molecular complexity index is 5530. The van der Waals surface area contributed by atoms with Crippen LogP contribution < -0.4 is 51.3 Å². The third-order valence-electron chi connectivity index (χ3n) is 20.0. The van der Waals surface area contributed by atoms with Crippen LogP contribution in [0.4, 0.5) is 34.1 Å². The second-order valence-corrected chi connectivity index (χ2v) is 33.5. The van der Waals surface area contributed by atoms with Crippen LogP contribution >= 0.6 is 11.3 Å². The Hall–Kier alpha value is -11.6. The van der Waals surface area contributed by atoms with E-state index < -0.39 is 16.1 Å². The van der Waals surface area contributed by atoms with Gasteiger partial charge in [-0.15, -0.1) is 11.3 Å². The largest absolute Gasteiger partial charge is 0.311 e. The van der Waals surface area contributed by atoms with E-state index in [0.717, 1.165) is 11.4 Å². The molecule has 0 bridgehead atoms. The van der Waals surface area contributed by atoms with Gasteiger partial charge in [-0.25, -0.2) is 0 Å². The van der Waals surface area contributed by atoms with Gasteiger partial charge in [-0.2, -0.15) is 0 Å². The fourth-order valence-electron chi connectivity index (χ4n) is 16.0. The van der Waals surface area contributed by atoms with Crippen LogP contribution in [0.2, 0.25) is 0 Å². The van der Waals surface area contributed by atoms with Gasteiger partial charge in [0.2, 0.25) is 0 Å². The molecule has 2 aliphatic rings. The van der Waals surface area contributed by atoms with Crippen molar-refractivity contribution in [2.45, 2.75) is 0 Å². The number of aromatic nitrogens is 1. The maximum atomic E-state index is 2.50. The maximum absolute atomic E-state index is 2.66. The average molecular weight is 1270 g/mol. The molecule has 0 saturated heterocycles. The lowest BCUT2D eigenvalue weighted by molar-refractivity contribution is 1.18. The van der Waals surface area contributed by atoms with Crippen LogP contribution in [0.3, 0.4) is 0 Å². The highest BCUT2D eigenvalue weighted by atomic mass is 32.1. The highest BCUT2D eigenvalue weighted by Crippen LogP contribution is 2.45. The molecule has 2 aromatic heterocycles. The van der Waals surface area contributed by atoms with Gasteiger partial charge in [-0.05, 0) is 143 Å². The molecule has 0 saturated carbocycles. The van der Waals surface area contributed by atoms with Gasteiger partial charge in [0, 0.05) is 70.8 Å². The van der Waals surface area contributed by atoms with Crippen molar-refractivity contribution in [3.05, 3.63) is 382 Å². The van der Waals surface area contributed by atoms with E-state index in [2.05, 4.69) is 397 Å². The third-order valence-corrected chi connectivity index (χ3v) is 30.9. The molecule has 0 atom stereocenters. The molecule has 4 heterocycles. The van der Waals surface area contributed by atoms with E-state index in [1.807, 2.05) is 11.3 Å². The fraction of sp³-hybridized carbons (Fsp3) is 0. The van der Waals surface area contributed by atoms with Crippen LogP contribution in [-0.2, 0) is 0 Å². The molecule has 96 heavy (non-hydrogen) atoms. The zero-order chi connectivity index (χ0) is 63.6. The number of para-hydroxylation sites is 6. The normalized spacial score (nSPS) is 13.3. The smallest absolute Gasteiger partial charge is 0.184 e. The zero-order valence-corrected chi connectivity index (χ0v) is 55.4. The molecule has 0 spiro atoms. The Morgan fingerprint density at radius 3 is 1.00 bits per heavy atom. The monoisotopic (exact) mass is 1270 g/mol. The van der Waals surface area contributed by atoms with Crippen molar-refractivity contribution >= 4 is 145 Å². The Morgan fingerprint density at radius 1 is 0.229 bits per heavy atom. The van der Waals surface area contributed by atoms with E-state index in [4.69, 9.17) is 0 Å². The molecule has 0 amide bonds. The second kappa shape index (κ2) is 23.7. The van der Waals surface area contributed by atoms with E-state index in [9.17, 15) is 0 Å². The molecule has 0 radical (unpaired) electrons. The van der Waals surface area contributed by atoms with Gasteiger partial charge in [0.25, 0.3) is 0 Å². The van der Waals surface area contributed by atoms with Crippen LogP contribution in [0.15, 0.2) is 382 Å². The van der Waals surface area contributed by atoms with Gasteiger partial charge in [0.1, 0.15) is 0 Å². The average Bonchev–Trinajstić information content (AvgIpc) is 0.960. The van der Waals surface area contributed by atoms with Gasteiger partial charge >= 0.3 is 0 Å². The summed E-state index contributed by atoms with van der Waals surface area (Å²) in [6, 6.07) is 141. The lowest BCUT2D eigenvalue weighted by Gasteiger charge is -2.45. The molecule has 452 valence electrons. The van der Waals surface area contributed by atoms with Gasteiger partial charge in [0.05, 0.1) is 11.0 Å². The number of fused-ring (bicyclic) bond motifs is 10. The molecule has 0 fully saturated rings. The Balaban J connectivity index is 0.000000141. The minimum Gasteiger partial charge on any atom is -0.311 e. The summed E-state index contributed by atoms with van der Waals surface area (Å²) < 4.78 is 5.07. The van der Waals surface area contributed by atoms with Crippen molar-refractivity contribution < 1.29 is 0 Å². The van der Waals surface area contributed by atoms with Crippen LogP contribution in [0, 0.1) is 0 Å². The predicted molar refractivity (Wildman–Crippen MR) is 415 cm³/mol. The Kier molecular flexibility index (Phi) is 14.1. The van der Waals surface area contributed by atoms with Crippen molar-refractivity contribution in [3.8, 4) is 27.9 Å². The summed E-state index contributed by atoms with van der Waals surface area (Å²) in [7, 11) is -5.28. The highest BCUT2D eigenvalue weighted by Gasteiger charge is 2.50. The first-order valence-corrected chi connectivity index (χ1v) is 37.9. The minimum atomic E-state index is -2.66. The SMILES string of the molecule is c1ccc([Si]2(c3ccccc3)c3ccccc3N(c3cccc(-c4cccc(-n5c6ccccc6c6ccccc65)c4)c3)c3ccccc32)cc1.c1ccc([Si]2(c3ccccc3)c3ccccc3N(c3cccc(-c4cccc5c4sc4ccccc45)c3)c3ccccc32)cc1. The zero-order valence-electron chi connectivity index (χ0n) is 52.6. The topological polar surface area (TPSA) is 11.4 Å². The minimum absolute atomic E-state index is 1.15. The van der Waals surface area contributed by atoms with Crippen molar-refractivity contribution in [1.29, 1.82) is 0 Å². The maximum Gasteiger partial charge on any atom is 0.184 e. The van der Waals surface area contributed by atoms with E-state index in [0.29, 0.717) is 0 Å². The molecule has 17 aromatic rings. The van der Waals surface area contributed by atoms with Gasteiger partial charge < -0.3 is 14.4 Å². The highest BCUT2D eigenvalue weighted by molar-refractivity contribution is 7.26. The van der Waals surface area contributed by atoms with Gasteiger partial charge in [0.15, 0.2) is 16.1 Å². The summed E-state index contributed by atoms with van der Waals surface area (Å²) in [6.07, 6.45) is 0. The van der Waals surface area contributed by atoms with Crippen LogP contribution in [0.25, 0.3) is 69.9 Å². The van der Waals surface area contributed by atoms with E-state index in [-0.39, 0.29) is 0 Å². The molecular formula is C90H63N3SSi2. The van der Waals surface area contributed by atoms with Gasteiger partial charge in [-0.1, -0.05) is 303 Å². The summed E-state index contributed by atoms with van der Waals surface area (Å²) >= 11 is 1.89. The molecule has 3 nitrogen and oxygen atoms in total. The summed E-state index contributed by atoms with van der Waals surface area (Å²) in [5, 5.41) is 16.4. The summed E-state index contributed by atoms with van der Waals surface area (Å²) in [6.45, 7) is 0. The molecule has 2 aliphatic heterocycles. The Labute approximate surface area is 565 Å². The summed E-state index contributed by atoms with van der Waals surface area (Å²) in [5.41, 5.74) is 15.8. The number of rotatable bonds is 9. The number of benzene rings is 15.